The van der Waals surface area contributed by atoms with Crippen LogP contribution in [-0.4, -0.2) is 14.7 Å². The van der Waals surface area contributed by atoms with Crippen molar-refractivity contribution in [3.8, 4) is 28.5 Å². The second-order valence-electron chi connectivity index (χ2n) is 6.65. The Hall–Kier alpha value is -3.77. The summed E-state index contributed by atoms with van der Waals surface area (Å²) in [5, 5.41) is 5.66. The number of rotatable bonds is 3. The number of benzene rings is 3. The van der Waals surface area contributed by atoms with Gasteiger partial charge in [0.25, 0.3) is 11.4 Å². The standard InChI is InChI=1S/C23H13ClFN3O2/c24-20-11-4-3-10-18(20)21-26-22(30-27-21)19-13-28(15-7-5-6-14(25)12-15)23(29)17-9-2-1-8-16(17)19/h1-13H. The van der Waals surface area contributed by atoms with Gasteiger partial charge >= 0.3 is 0 Å². The van der Waals surface area contributed by atoms with E-state index in [0.29, 0.717) is 38.4 Å². The molecule has 0 aliphatic rings. The van der Waals surface area contributed by atoms with Gasteiger partial charge in [-0.3, -0.25) is 9.36 Å². The molecule has 7 heteroatoms. The van der Waals surface area contributed by atoms with Crippen LogP contribution in [0.3, 0.4) is 0 Å². The summed E-state index contributed by atoms with van der Waals surface area (Å²) >= 11 is 6.25. The molecule has 0 radical (unpaired) electrons. The van der Waals surface area contributed by atoms with Crippen molar-refractivity contribution < 1.29 is 8.91 Å². The maximum Gasteiger partial charge on any atom is 0.262 e. The molecule has 146 valence electrons. The molecule has 2 heterocycles. The SMILES string of the molecule is O=c1c2ccccc2c(-c2nc(-c3ccccc3Cl)no2)cn1-c1cccc(F)c1. The molecule has 5 aromatic rings. The molecular formula is C23H13ClFN3O2. The molecule has 0 N–H and O–H groups in total. The summed E-state index contributed by atoms with van der Waals surface area (Å²) in [5.41, 5.74) is 1.32. The van der Waals surface area contributed by atoms with E-state index in [1.54, 1.807) is 48.7 Å². The number of halogens is 2. The maximum absolute atomic E-state index is 13.8. The maximum atomic E-state index is 13.8. The second-order valence-corrected chi connectivity index (χ2v) is 7.05. The number of fused-ring (bicyclic) bond motifs is 1. The third-order valence-electron chi connectivity index (χ3n) is 4.78. The Labute approximate surface area is 175 Å². The van der Waals surface area contributed by atoms with Gasteiger partial charge in [-0.05, 0) is 36.4 Å². The molecule has 3 aromatic carbocycles. The highest BCUT2D eigenvalue weighted by molar-refractivity contribution is 6.33. The normalized spacial score (nSPS) is 11.1. The van der Waals surface area contributed by atoms with Crippen molar-refractivity contribution in [1.82, 2.24) is 14.7 Å². The molecule has 5 nitrogen and oxygen atoms in total. The van der Waals surface area contributed by atoms with Crippen LogP contribution in [0.5, 0.6) is 0 Å². The van der Waals surface area contributed by atoms with Gasteiger partial charge in [-0.1, -0.05) is 53.2 Å². The van der Waals surface area contributed by atoms with Gasteiger partial charge in [-0.15, -0.1) is 0 Å². The van der Waals surface area contributed by atoms with Gasteiger partial charge < -0.3 is 4.52 Å². The summed E-state index contributed by atoms with van der Waals surface area (Å²) in [4.78, 5) is 17.5. The molecule has 0 aliphatic carbocycles. The van der Waals surface area contributed by atoms with Crippen molar-refractivity contribution in [2.75, 3.05) is 0 Å². The van der Waals surface area contributed by atoms with Crippen LogP contribution in [0.1, 0.15) is 0 Å². The van der Waals surface area contributed by atoms with Gasteiger partial charge in [-0.2, -0.15) is 4.98 Å². The molecule has 0 spiro atoms. The van der Waals surface area contributed by atoms with Gasteiger partial charge in [0.2, 0.25) is 5.82 Å². The largest absolute Gasteiger partial charge is 0.334 e. The summed E-state index contributed by atoms with van der Waals surface area (Å²) in [6, 6.07) is 20.1. The lowest BCUT2D eigenvalue weighted by Crippen LogP contribution is -2.18. The van der Waals surface area contributed by atoms with Crippen LogP contribution in [0.2, 0.25) is 5.02 Å². The molecule has 0 bridgehead atoms. The smallest absolute Gasteiger partial charge is 0.262 e. The zero-order chi connectivity index (χ0) is 20.7. The van der Waals surface area contributed by atoms with Gasteiger partial charge in [-0.25, -0.2) is 4.39 Å². The van der Waals surface area contributed by atoms with Crippen LogP contribution in [0, 0.1) is 5.82 Å². The third kappa shape index (κ3) is 3.07. The second kappa shape index (κ2) is 7.24. The zero-order valence-corrected chi connectivity index (χ0v) is 16.2. The van der Waals surface area contributed by atoms with Crippen LogP contribution in [-0.2, 0) is 0 Å². The zero-order valence-electron chi connectivity index (χ0n) is 15.4. The van der Waals surface area contributed by atoms with E-state index >= 15 is 0 Å². The lowest BCUT2D eigenvalue weighted by Gasteiger charge is -2.10. The number of hydrogen-bond acceptors (Lipinski definition) is 4. The molecule has 0 aliphatic heterocycles. The van der Waals surface area contributed by atoms with E-state index in [1.807, 2.05) is 18.2 Å². The molecule has 2 aromatic heterocycles. The number of aromatic nitrogens is 3. The van der Waals surface area contributed by atoms with Crippen LogP contribution in [0.15, 0.2) is 88.3 Å². The highest BCUT2D eigenvalue weighted by atomic mass is 35.5. The first-order chi connectivity index (χ1) is 14.6. The third-order valence-corrected chi connectivity index (χ3v) is 5.11. The topological polar surface area (TPSA) is 60.9 Å². The summed E-state index contributed by atoms with van der Waals surface area (Å²) in [5.74, 6) is 0.127. The molecule has 0 saturated carbocycles. The molecule has 0 saturated heterocycles. The fourth-order valence-electron chi connectivity index (χ4n) is 3.36. The predicted molar refractivity (Wildman–Crippen MR) is 113 cm³/mol. The lowest BCUT2D eigenvalue weighted by molar-refractivity contribution is 0.432. The van der Waals surface area contributed by atoms with E-state index in [1.165, 1.54) is 16.7 Å². The molecule has 0 unspecified atom stereocenters. The molecule has 0 amide bonds. The summed E-state index contributed by atoms with van der Waals surface area (Å²) < 4.78 is 20.7. The minimum absolute atomic E-state index is 0.228. The van der Waals surface area contributed by atoms with Crippen LogP contribution in [0.4, 0.5) is 4.39 Å². The minimum Gasteiger partial charge on any atom is -0.334 e. The Bertz CT molecular complexity index is 1460. The molecule has 0 fully saturated rings. The van der Waals surface area contributed by atoms with Crippen molar-refractivity contribution in [2.24, 2.45) is 0 Å². The van der Waals surface area contributed by atoms with Crippen LogP contribution < -0.4 is 5.56 Å². The number of hydrogen-bond donors (Lipinski definition) is 0. The van der Waals surface area contributed by atoms with E-state index < -0.39 is 5.82 Å². The number of pyridine rings is 1. The molecule has 0 atom stereocenters. The first-order valence-electron chi connectivity index (χ1n) is 9.11. The average molecular weight is 418 g/mol. The van der Waals surface area contributed by atoms with Crippen molar-refractivity contribution in [3.63, 3.8) is 0 Å². The Morgan fingerprint density at radius 3 is 2.47 bits per heavy atom. The van der Waals surface area contributed by atoms with Crippen molar-refractivity contribution in [2.45, 2.75) is 0 Å². The van der Waals surface area contributed by atoms with E-state index in [-0.39, 0.29) is 11.4 Å². The molecule has 5 rings (SSSR count). The van der Waals surface area contributed by atoms with Crippen molar-refractivity contribution >= 4 is 22.4 Å². The Morgan fingerprint density at radius 1 is 0.900 bits per heavy atom. The van der Waals surface area contributed by atoms with E-state index in [2.05, 4.69) is 10.1 Å². The van der Waals surface area contributed by atoms with Crippen molar-refractivity contribution in [1.29, 1.82) is 0 Å². The Morgan fingerprint density at radius 2 is 1.67 bits per heavy atom. The summed E-state index contributed by atoms with van der Waals surface area (Å²) in [7, 11) is 0. The Balaban J connectivity index is 1.75. The van der Waals surface area contributed by atoms with Crippen molar-refractivity contribution in [3.05, 3.63) is 100 Å². The monoisotopic (exact) mass is 417 g/mol. The fourth-order valence-corrected chi connectivity index (χ4v) is 3.58. The average Bonchev–Trinajstić information content (AvgIpc) is 3.24. The highest BCUT2D eigenvalue weighted by Crippen LogP contribution is 2.30. The first kappa shape index (κ1) is 18.3. The van der Waals surface area contributed by atoms with Gasteiger partial charge in [0, 0.05) is 22.5 Å². The summed E-state index contributed by atoms with van der Waals surface area (Å²) in [6.07, 6.45) is 1.59. The lowest BCUT2D eigenvalue weighted by atomic mass is 10.1. The first-order valence-corrected chi connectivity index (χ1v) is 9.49. The van der Waals surface area contributed by atoms with Gasteiger partial charge in [0.1, 0.15) is 5.82 Å². The number of nitrogens with zero attached hydrogens (tertiary/aromatic N) is 3. The van der Waals surface area contributed by atoms with E-state index in [0.717, 1.165) is 0 Å². The molecular weight excluding hydrogens is 405 g/mol. The molecule has 30 heavy (non-hydrogen) atoms. The fraction of sp³-hybridized carbons (Fsp3) is 0. The van der Waals surface area contributed by atoms with Crippen LogP contribution >= 0.6 is 11.6 Å². The van der Waals surface area contributed by atoms with E-state index in [9.17, 15) is 9.18 Å². The van der Waals surface area contributed by atoms with Gasteiger partial charge in [0.05, 0.1) is 16.3 Å². The van der Waals surface area contributed by atoms with Crippen LogP contribution in [0.25, 0.3) is 39.3 Å². The minimum atomic E-state index is -0.437. The quantitative estimate of drug-likeness (QED) is 0.389. The highest BCUT2D eigenvalue weighted by Gasteiger charge is 2.18. The van der Waals surface area contributed by atoms with Gasteiger partial charge in [0.15, 0.2) is 0 Å². The Kier molecular flexibility index (Phi) is 4.41. The summed E-state index contributed by atoms with van der Waals surface area (Å²) in [6.45, 7) is 0. The predicted octanol–water partition coefficient (Wildman–Crippen LogP) is 5.50. The van der Waals surface area contributed by atoms with E-state index in [4.69, 9.17) is 16.1 Å².